The quantitative estimate of drug-likeness (QED) is 0.265. The summed E-state index contributed by atoms with van der Waals surface area (Å²) in [5.41, 5.74) is 4.83. The molecule has 0 aromatic heterocycles. The normalized spacial score (nSPS) is 21.1. The SMILES string of the molecule is C[C@H]1[C@@H](CSCCO)O[C@@H](c2ccc(CNC(=O)NCc3ccccc3)cc2)O[C@H]1c1ccc(CO)cc1. The number of aliphatic hydroxyl groups excluding tert-OH is 2. The smallest absolute Gasteiger partial charge is 0.315 e. The van der Waals surface area contributed by atoms with Gasteiger partial charge in [-0.1, -0.05) is 85.8 Å². The van der Waals surface area contributed by atoms with Crippen LogP contribution in [0.4, 0.5) is 4.79 Å². The second-order valence-corrected chi connectivity index (χ2v) is 10.5. The molecule has 1 fully saturated rings. The van der Waals surface area contributed by atoms with Crippen LogP contribution in [0, 0.1) is 5.92 Å². The molecule has 0 saturated carbocycles. The Morgan fingerprint density at radius 1 is 0.816 bits per heavy atom. The fraction of sp³-hybridized carbons (Fsp3) is 0.367. The van der Waals surface area contributed by atoms with E-state index in [0.717, 1.165) is 33.6 Å². The highest BCUT2D eigenvalue weighted by atomic mass is 32.2. The van der Waals surface area contributed by atoms with E-state index >= 15 is 0 Å². The summed E-state index contributed by atoms with van der Waals surface area (Å²) in [6.07, 6.45) is -0.761. The van der Waals surface area contributed by atoms with Crippen LogP contribution in [0.1, 0.15) is 47.1 Å². The zero-order valence-electron chi connectivity index (χ0n) is 21.6. The van der Waals surface area contributed by atoms with Crippen LogP contribution in [-0.4, -0.2) is 40.5 Å². The molecule has 3 aromatic carbocycles. The minimum absolute atomic E-state index is 0.00338. The molecule has 1 heterocycles. The molecule has 4 rings (SSSR count). The molecule has 0 aliphatic carbocycles. The van der Waals surface area contributed by atoms with Crippen molar-refractivity contribution in [1.82, 2.24) is 10.6 Å². The van der Waals surface area contributed by atoms with Crippen LogP contribution in [0.25, 0.3) is 0 Å². The van der Waals surface area contributed by atoms with Gasteiger partial charge in [-0.05, 0) is 22.3 Å². The summed E-state index contributed by atoms with van der Waals surface area (Å²) in [4.78, 5) is 12.2. The maximum absolute atomic E-state index is 12.2. The van der Waals surface area contributed by atoms with Gasteiger partial charge in [0, 0.05) is 36.1 Å². The van der Waals surface area contributed by atoms with Gasteiger partial charge < -0.3 is 30.3 Å². The van der Waals surface area contributed by atoms with E-state index in [-0.39, 0.29) is 37.4 Å². The lowest BCUT2D eigenvalue weighted by Gasteiger charge is -2.41. The number of ether oxygens (including phenoxy) is 2. The molecule has 0 radical (unpaired) electrons. The van der Waals surface area contributed by atoms with Crippen LogP contribution >= 0.6 is 11.8 Å². The van der Waals surface area contributed by atoms with Crippen LogP contribution in [0.5, 0.6) is 0 Å². The van der Waals surface area contributed by atoms with Crippen LogP contribution in [-0.2, 0) is 29.2 Å². The number of nitrogens with one attached hydrogen (secondary N) is 2. The Kier molecular flexibility index (Phi) is 10.6. The van der Waals surface area contributed by atoms with Gasteiger partial charge in [0.1, 0.15) is 0 Å². The standard InChI is InChI=1S/C30H36N2O5S/c1-21-27(20-38-16-15-33)36-29(37-28(21)25-11-9-24(19-34)10-12-25)26-13-7-23(8-14-26)18-32-30(35)31-17-22-5-3-2-4-6-22/h2-14,21,27-29,33-34H,15-20H2,1H3,(H2,31,32,35)/t21-,27+,28+,29+/m0/s1. The van der Waals surface area contributed by atoms with E-state index in [9.17, 15) is 15.0 Å². The highest BCUT2D eigenvalue weighted by molar-refractivity contribution is 7.99. The number of aliphatic hydroxyl groups is 2. The van der Waals surface area contributed by atoms with Gasteiger partial charge in [0.25, 0.3) is 0 Å². The van der Waals surface area contributed by atoms with Crippen molar-refractivity contribution >= 4 is 17.8 Å². The van der Waals surface area contributed by atoms with Gasteiger partial charge in [0.2, 0.25) is 0 Å². The van der Waals surface area contributed by atoms with Gasteiger partial charge in [-0.2, -0.15) is 11.8 Å². The minimum Gasteiger partial charge on any atom is -0.396 e. The molecule has 4 N–H and O–H groups in total. The highest BCUT2D eigenvalue weighted by Gasteiger charge is 2.38. The third-order valence-corrected chi connectivity index (χ3v) is 7.68. The largest absolute Gasteiger partial charge is 0.396 e. The maximum atomic E-state index is 12.2. The topological polar surface area (TPSA) is 100 Å². The van der Waals surface area contributed by atoms with Crippen molar-refractivity contribution < 1.29 is 24.5 Å². The third kappa shape index (κ3) is 7.82. The Hall–Kier alpha value is -2.88. The first kappa shape index (κ1) is 28.1. The van der Waals surface area contributed by atoms with Gasteiger partial charge in [0.15, 0.2) is 6.29 Å². The fourth-order valence-corrected chi connectivity index (χ4v) is 5.30. The summed E-state index contributed by atoms with van der Waals surface area (Å²) in [5, 5.41) is 24.4. The number of rotatable bonds is 11. The molecular formula is C30H36N2O5S. The second-order valence-electron chi connectivity index (χ2n) is 9.38. The van der Waals surface area contributed by atoms with Gasteiger partial charge in [-0.3, -0.25) is 0 Å². The predicted octanol–water partition coefficient (Wildman–Crippen LogP) is 4.70. The summed E-state index contributed by atoms with van der Waals surface area (Å²) in [6, 6.07) is 25.3. The molecule has 2 amide bonds. The van der Waals surface area contributed by atoms with E-state index in [0.29, 0.717) is 18.8 Å². The molecule has 0 spiro atoms. The number of hydrogen-bond donors (Lipinski definition) is 4. The lowest BCUT2D eigenvalue weighted by Crippen LogP contribution is -2.38. The first-order chi connectivity index (χ1) is 18.6. The lowest BCUT2D eigenvalue weighted by molar-refractivity contribution is -0.268. The molecule has 7 nitrogen and oxygen atoms in total. The third-order valence-electron chi connectivity index (χ3n) is 6.64. The molecule has 1 saturated heterocycles. The van der Waals surface area contributed by atoms with Crippen LogP contribution in [0.3, 0.4) is 0 Å². The summed E-state index contributed by atoms with van der Waals surface area (Å²) < 4.78 is 12.9. The van der Waals surface area contributed by atoms with E-state index in [2.05, 4.69) is 17.6 Å². The van der Waals surface area contributed by atoms with Gasteiger partial charge in [-0.25, -0.2) is 4.79 Å². The maximum Gasteiger partial charge on any atom is 0.315 e. The molecule has 0 bridgehead atoms. The number of amides is 2. The van der Waals surface area contributed by atoms with Crippen molar-refractivity contribution in [1.29, 1.82) is 0 Å². The molecule has 8 heteroatoms. The second kappa shape index (κ2) is 14.3. The average Bonchev–Trinajstić information content (AvgIpc) is 2.97. The summed E-state index contributed by atoms with van der Waals surface area (Å²) in [6.45, 7) is 3.15. The van der Waals surface area contributed by atoms with Crippen molar-refractivity contribution in [3.63, 3.8) is 0 Å². The fourth-order valence-electron chi connectivity index (χ4n) is 4.39. The predicted molar refractivity (Wildman–Crippen MR) is 149 cm³/mol. The summed E-state index contributed by atoms with van der Waals surface area (Å²) in [7, 11) is 0. The Morgan fingerprint density at radius 3 is 2.05 bits per heavy atom. The number of thioether (sulfide) groups is 1. The Morgan fingerprint density at radius 2 is 1.42 bits per heavy atom. The van der Waals surface area contributed by atoms with E-state index in [1.807, 2.05) is 78.9 Å². The lowest BCUT2D eigenvalue weighted by atomic mass is 9.91. The monoisotopic (exact) mass is 536 g/mol. The van der Waals surface area contributed by atoms with Crippen molar-refractivity contribution in [2.24, 2.45) is 5.92 Å². The van der Waals surface area contributed by atoms with Gasteiger partial charge in [-0.15, -0.1) is 0 Å². The van der Waals surface area contributed by atoms with Gasteiger partial charge >= 0.3 is 6.03 Å². The van der Waals surface area contributed by atoms with Crippen molar-refractivity contribution in [2.45, 2.75) is 45.1 Å². The first-order valence-electron chi connectivity index (χ1n) is 12.9. The summed E-state index contributed by atoms with van der Waals surface area (Å²) in [5.74, 6) is 1.52. The minimum atomic E-state index is -0.537. The highest BCUT2D eigenvalue weighted by Crippen LogP contribution is 2.42. The number of hydrogen-bond acceptors (Lipinski definition) is 6. The average molecular weight is 537 g/mol. The van der Waals surface area contributed by atoms with E-state index in [1.54, 1.807) is 11.8 Å². The Balaban J connectivity index is 1.38. The van der Waals surface area contributed by atoms with E-state index in [4.69, 9.17) is 9.47 Å². The van der Waals surface area contributed by atoms with Gasteiger partial charge in [0.05, 0.1) is 25.4 Å². The zero-order valence-corrected chi connectivity index (χ0v) is 22.4. The molecule has 1 aliphatic heterocycles. The van der Waals surface area contributed by atoms with Crippen molar-refractivity contribution in [3.05, 3.63) is 107 Å². The van der Waals surface area contributed by atoms with Crippen molar-refractivity contribution in [3.8, 4) is 0 Å². The Labute approximate surface area is 228 Å². The molecular weight excluding hydrogens is 500 g/mol. The summed E-state index contributed by atoms with van der Waals surface area (Å²) >= 11 is 1.67. The molecule has 202 valence electrons. The van der Waals surface area contributed by atoms with Crippen LogP contribution < -0.4 is 10.6 Å². The molecule has 4 atom stereocenters. The zero-order chi connectivity index (χ0) is 26.7. The number of carbonyl (C=O) groups excluding carboxylic acids is 1. The molecule has 38 heavy (non-hydrogen) atoms. The number of urea groups is 1. The number of benzene rings is 3. The molecule has 0 unspecified atom stereocenters. The van der Waals surface area contributed by atoms with Crippen LogP contribution in [0.2, 0.25) is 0 Å². The molecule has 3 aromatic rings. The Bertz CT molecular complexity index is 1130. The van der Waals surface area contributed by atoms with Crippen LogP contribution in [0.15, 0.2) is 78.9 Å². The number of carbonyl (C=O) groups is 1. The van der Waals surface area contributed by atoms with E-state index in [1.165, 1.54) is 0 Å². The van der Waals surface area contributed by atoms with E-state index < -0.39 is 6.29 Å². The molecule has 1 aliphatic rings. The van der Waals surface area contributed by atoms with Crippen molar-refractivity contribution in [2.75, 3.05) is 18.1 Å². The first-order valence-corrected chi connectivity index (χ1v) is 14.1.